The molecule has 0 bridgehead atoms. The van der Waals surface area contributed by atoms with Gasteiger partial charge in [-0.15, -0.1) is 0 Å². The van der Waals surface area contributed by atoms with E-state index in [1.165, 1.54) is 11.1 Å². The van der Waals surface area contributed by atoms with Gasteiger partial charge in [0, 0.05) is 6.61 Å². The lowest BCUT2D eigenvalue weighted by Gasteiger charge is -2.28. The second-order valence-electron chi connectivity index (χ2n) is 5.76. The fourth-order valence-electron chi connectivity index (χ4n) is 2.96. The number of nitrogens with one attached hydrogen (secondary N) is 1. The molecule has 1 aromatic rings. The van der Waals surface area contributed by atoms with Crippen LogP contribution in [0.5, 0.6) is 5.75 Å². The van der Waals surface area contributed by atoms with Crippen molar-refractivity contribution in [3.8, 4) is 5.75 Å². The van der Waals surface area contributed by atoms with Gasteiger partial charge in [-0.1, -0.05) is 26.0 Å². The molecule has 3 unspecified atom stereocenters. The fourth-order valence-corrected chi connectivity index (χ4v) is 2.96. The largest absolute Gasteiger partial charge is 0.496 e. The van der Waals surface area contributed by atoms with Crippen molar-refractivity contribution in [2.75, 3.05) is 20.3 Å². The molecule has 112 valence electrons. The molecule has 3 nitrogen and oxygen atoms in total. The van der Waals surface area contributed by atoms with Gasteiger partial charge in [-0.25, -0.2) is 0 Å². The third kappa shape index (κ3) is 3.33. The van der Waals surface area contributed by atoms with Crippen LogP contribution >= 0.6 is 0 Å². The van der Waals surface area contributed by atoms with Gasteiger partial charge in [-0.3, -0.25) is 0 Å². The van der Waals surface area contributed by atoms with Crippen molar-refractivity contribution < 1.29 is 9.47 Å². The Kier molecular flexibility index (Phi) is 5.44. The Morgan fingerprint density at radius 3 is 2.80 bits per heavy atom. The molecule has 0 spiro atoms. The zero-order valence-corrected chi connectivity index (χ0v) is 13.1. The van der Waals surface area contributed by atoms with Crippen molar-refractivity contribution in [3.05, 3.63) is 29.3 Å². The van der Waals surface area contributed by atoms with E-state index in [1.54, 1.807) is 7.11 Å². The summed E-state index contributed by atoms with van der Waals surface area (Å²) < 4.78 is 11.3. The maximum absolute atomic E-state index is 5.98. The monoisotopic (exact) mass is 277 g/mol. The van der Waals surface area contributed by atoms with Crippen molar-refractivity contribution in [1.82, 2.24) is 5.32 Å². The van der Waals surface area contributed by atoms with Crippen molar-refractivity contribution in [3.63, 3.8) is 0 Å². The lowest BCUT2D eigenvalue weighted by atomic mass is 9.91. The standard InChI is InChI=1S/C17H27NO2/c1-5-9-18-16(17-12(2)8-10-20-17)14-6-7-15(19-4)13(3)11-14/h6-7,11-12,16-18H,5,8-10H2,1-4H3. The SMILES string of the molecule is CCCNC(c1ccc(OC)c(C)c1)C1OCCC1C. The van der Waals surface area contributed by atoms with Crippen LogP contribution in [0.1, 0.15) is 43.9 Å². The van der Waals surface area contributed by atoms with Crippen molar-refractivity contribution in [2.24, 2.45) is 5.92 Å². The first kappa shape index (κ1) is 15.3. The van der Waals surface area contributed by atoms with Gasteiger partial charge in [-0.2, -0.15) is 0 Å². The highest BCUT2D eigenvalue weighted by Gasteiger charge is 2.32. The van der Waals surface area contributed by atoms with Crippen LogP contribution in [-0.4, -0.2) is 26.4 Å². The highest BCUT2D eigenvalue weighted by molar-refractivity contribution is 5.37. The van der Waals surface area contributed by atoms with E-state index in [-0.39, 0.29) is 12.1 Å². The van der Waals surface area contributed by atoms with E-state index in [2.05, 4.69) is 44.3 Å². The summed E-state index contributed by atoms with van der Waals surface area (Å²) in [5.41, 5.74) is 2.48. The molecule has 1 aromatic carbocycles. The zero-order valence-electron chi connectivity index (χ0n) is 13.1. The maximum Gasteiger partial charge on any atom is 0.121 e. The van der Waals surface area contributed by atoms with Gasteiger partial charge in [-0.05, 0) is 49.4 Å². The first-order valence-electron chi connectivity index (χ1n) is 7.67. The molecule has 1 aliphatic heterocycles. The van der Waals surface area contributed by atoms with Crippen molar-refractivity contribution >= 4 is 0 Å². The predicted octanol–water partition coefficient (Wildman–Crippen LogP) is 3.47. The van der Waals surface area contributed by atoms with E-state index in [4.69, 9.17) is 9.47 Å². The molecule has 0 radical (unpaired) electrons. The van der Waals surface area contributed by atoms with E-state index >= 15 is 0 Å². The van der Waals surface area contributed by atoms with Gasteiger partial charge in [0.2, 0.25) is 0 Å². The summed E-state index contributed by atoms with van der Waals surface area (Å²) in [6.07, 6.45) is 2.56. The van der Waals surface area contributed by atoms with E-state index < -0.39 is 0 Å². The third-order valence-corrected chi connectivity index (χ3v) is 4.17. The maximum atomic E-state index is 5.98. The van der Waals surface area contributed by atoms with Crippen LogP contribution < -0.4 is 10.1 Å². The number of benzene rings is 1. The van der Waals surface area contributed by atoms with Crippen LogP contribution in [0.25, 0.3) is 0 Å². The molecule has 1 fully saturated rings. The summed E-state index contributed by atoms with van der Waals surface area (Å²) in [5, 5.41) is 3.66. The average molecular weight is 277 g/mol. The van der Waals surface area contributed by atoms with Gasteiger partial charge < -0.3 is 14.8 Å². The minimum Gasteiger partial charge on any atom is -0.496 e. The summed E-state index contributed by atoms with van der Waals surface area (Å²) >= 11 is 0. The number of aryl methyl sites for hydroxylation is 1. The smallest absolute Gasteiger partial charge is 0.121 e. The van der Waals surface area contributed by atoms with Crippen LogP contribution in [-0.2, 0) is 4.74 Å². The van der Waals surface area contributed by atoms with Gasteiger partial charge in [0.05, 0.1) is 19.3 Å². The van der Waals surface area contributed by atoms with Crippen molar-refractivity contribution in [1.29, 1.82) is 0 Å². The normalized spacial score (nSPS) is 23.8. The molecule has 0 amide bonds. The molecule has 3 atom stereocenters. The number of ether oxygens (including phenoxy) is 2. The topological polar surface area (TPSA) is 30.5 Å². The number of rotatable bonds is 6. The Bertz CT molecular complexity index is 433. The molecular formula is C17H27NO2. The lowest BCUT2D eigenvalue weighted by molar-refractivity contribution is 0.0607. The Hall–Kier alpha value is -1.06. The van der Waals surface area contributed by atoms with E-state index in [0.717, 1.165) is 31.7 Å². The molecule has 0 aliphatic carbocycles. The summed E-state index contributed by atoms with van der Waals surface area (Å²) in [6, 6.07) is 6.72. The number of hydrogen-bond acceptors (Lipinski definition) is 3. The third-order valence-electron chi connectivity index (χ3n) is 4.17. The molecule has 3 heteroatoms. The highest BCUT2D eigenvalue weighted by Crippen LogP contribution is 2.33. The highest BCUT2D eigenvalue weighted by atomic mass is 16.5. The molecular weight excluding hydrogens is 250 g/mol. The first-order valence-corrected chi connectivity index (χ1v) is 7.67. The molecule has 2 rings (SSSR count). The number of hydrogen-bond donors (Lipinski definition) is 1. The van der Waals surface area contributed by atoms with E-state index in [0.29, 0.717) is 5.92 Å². The van der Waals surface area contributed by atoms with Crippen LogP contribution in [0.3, 0.4) is 0 Å². The molecule has 0 aromatic heterocycles. The molecule has 20 heavy (non-hydrogen) atoms. The van der Waals surface area contributed by atoms with Crippen LogP contribution in [0, 0.1) is 12.8 Å². The Balaban J connectivity index is 2.23. The second-order valence-corrected chi connectivity index (χ2v) is 5.76. The molecule has 1 saturated heterocycles. The van der Waals surface area contributed by atoms with Gasteiger partial charge in [0.25, 0.3) is 0 Å². The van der Waals surface area contributed by atoms with Crippen LogP contribution in [0.4, 0.5) is 0 Å². The Morgan fingerprint density at radius 2 is 2.25 bits per heavy atom. The molecule has 0 saturated carbocycles. The predicted molar refractivity (Wildman–Crippen MR) is 82.3 cm³/mol. The lowest BCUT2D eigenvalue weighted by Crippen LogP contribution is -2.35. The molecule has 1 aliphatic rings. The fraction of sp³-hybridized carbons (Fsp3) is 0.647. The summed E-state index contributed by atoms with van der Waals surface area (Å²) in [6.45, 7) is 8.47. The molecule has 1 heterocycles. The summed E-state index contributed by atoms with van der Waals surface area (Å²) in [7, 11) is 1.72. The van der Waals surface area contributed by atoms with Gasteiger partial charge >= 0.3 is 0 Å². The molecule has 1 N–H and O–H groups in total. The summed E-state index contributed by atoms with van der Waals surface area (Å²) in [5.74, 6) is 1.55. The quantitative estimate of drug-likeness (QED) is 0.863. The average Bonchev–Trinajstić information content (AvgIpc) is 2.86. The van der Waals surface area contributed by atoms with Crippen LogP contribution in [0.15, 0.2) is 18.2 Å². The summed E-state index contributed by atoms with van der Waals surface area (Å²) in [4.78, 5) is 0. The van der Waals surface area contributed by atoms with Crippen LogP contribution in [0.2, 0.25) is 0 Å². The number of methoxy groups -OCH3 is 1. The van der Waals surface area contributed by atoms with Crippen molar-refractivity contribution in [2.45, 2.75) is 45.8 Å². The Labute approximate surface area is 122 Å². The second kappa shape index (κ2) is 7.09. The van der Waals surface area contributed by atoms with E-state index in [9.17, 15) is 0 Å². The minimum absolute atomic E-state index is 0.273. The minimum atomic E-state index is 0.273. The zero-order chi connectivity index (χ0) is 14.5. The Morgan fingerprint density at radius 1 is 1.45 bits per heavy atom. The van der Waals surface area contributed by atoms with Gasteiger partial charge in [0.1, 0.15) is 5.75 Å². The van der Waals surface area contributed by atoms with E-state index in [1.807, 2.05) is 0 Å². The first-order chi connectivity index (χ1) is 9.67. The van der Waals surface area contributed by atoms with Gasteiger partial charge in [0.15, 0.2) is 0 Å².